The van der Waals surface area contributed by atoms with Crippen molar-refractivity contribution < 1.29 is 10.0 Å². The first-order valence-electron chi connectivity index (χ1n) is 7.45. The van der Waals surface area contributed by atoms with Gasteiger partial charge in [-0.3, -0.25) is 4.79 Å². The van der Waals surface area contributed by atoms with Gasteiger partial charge in [-0.2, -0.15) is 0 Å². The van der Waals surface area contributed by atoms with Gasteiger partial charge in [-0.05, 0) is 25.2 Å². The van der Waals surface area contributed by atoms with Gasteiger partial charge in [-0.25, -0.2) is 0 Å². The lowest BCUT2D eigenvalue weighted by Crippen LogP contribution is -2.51. The van der Waals surface area contributed by atoms with E-state index in [9.17, 15) is 4.79 Å². The SMILES string of the molecule is NC(=NO)C1(C(=O)NCCC2CCC2)CCCCC1. The summed E-state index contributed by atoms with van der Waals surface area (Å²) in [6, 6.07) is 0. The van der Waals surface area contributed by atoms with Crippen LogP contribution >= 0.6 is 0 Å². The Labute approximate surface area is 114 Å². The van der Waals surface area contributed by atoms with Gasteiger partial charge in [0, 0.05) is 6.54 Å². The third-order valence-electron chi connectivity index (χ3n) is 4.80. The molecule has 0 atom stereocenters. The van der Waals surface area contributed by atoms with Crippen molar-refractivity contribution in [3.63, 3.8) is 0 Å². The molecule has 108 valence electrons. The highest BCUT2D eigenvalue weighted by atomic mass is 16.4. The molecule has 0 radical (unpaired) electrons. The molecular weight excluding hydrogens is 242 g/mol. The van der Waals surface area contributed by atoms with Gasteiger partial charge in [0.15, 0.2) is 5.84 Å². The molecule has 5 heteroatoms. The predicted molar refractivity (Wildman–Crippen MR) is 73.9 cm³/mol. The summed E-state index contributed by atoms with van der Waals surface area (Å²) in [4.78, 5) is 12.4. The number of amides is 1. The summed E-state index contributed by atoms with van der Waals surface area (Å²) in [6.07, 6.45) is 9.40. The Morgan fingerprint density at radius 1 is 1.26 bits per heavy atom. The van der Waals surface area contributed by atoms with Crippen molar-refractivity contribution in [2.45, 2.75) is 57.8 Å². The largest absolute Gasteiger partial charge is 0.409 e. The minimum atomic E-state index is -0.771. The zero-order valence-corrected chi connectivity index (χ0v) is 11.5. The standard InChI is InChI=1S/C14H25N3O2/c15-12(17-19)14(8-2-1-3-9-14)13(18)16-10-7-11-5-4-6-11/h11,19H,1-10H2,(H2,15,17)(H,16,18). The molecule has 2 aliphatic rings. The molecule has 5 nitrogen and oxygen atoms in total. The molecule has 2 aliphatic carbocycles. The number of rotatable bonds is 5. The van der Waals surface area contributed by atoms with Gasteiger partial charge in [0.1, 0.15) is 5.41 Å². The lowest BCUT2D eigenvalue weighted by Gasteiger charge is -2.34. The lowest BCUT2D eigenvalue weighted by atomic mass is 9.72. The summed E-state index contributed by atoms with van der Waals surface area (Å²) in [5.41, 5.74) is 5.02. The zero-order valence-electron chi connectivity index (χ0n) is 11.5. The Morgan fingerprint density at radius 3 is 2.47 bits per heavy atom. The van der Waals surface area contributed by atoms with Crippen LogP contribution in [0.5, 0.6) is 0 Å². The van der Waals surface area contributed by atoms with E-state index in [2.05, 4.69) is 10.5 Å². The fourth-order valence-electron chi connectivity index (χ4n) is 3.19. The molecule has 4 N–H and O–H groups in total. The molecule has 0 aromatic heterocycles. The Kier molecular flexibility index (Phi) is 4.66. The predicted octanol–water partition coefficient (Wildman–Crippen LogP) is 1.99. The number of amidine groups is 1. The van der Waals surface area contributed by atoms with Crippen LogP contribution in [0.4, 0.5) is 0 Å². The molecule has 2 rings (SSSR count). The van der Waals surface area contributed by atoms with E-state index in [-0.39, 0.29) is 11.7 Å². The fourth-order valence-corrected chi connectivity index (χ4v) is 3.19. The Hall–Kier alpha value is -1.26. The highest BCUT2D eigenvalue weighted by molar-refractivity contribution is 6.06. The number of nitrogens with two attached hydrogens (primary N) is 1. The molecule has 2 fully saturated rings. The van der Waals surface area contributed by atoms with Crippen molar-refractivity contribution in [2.24, 2.45) is 22.2 Å². The zero-order chi connectivity index (χ0) is 13.7. The normalized spacial score (nSPS) is 23.7. The molecular formula is C14H25N3O2. The maximum atomic E-state index is 12.4. The van der Waals surface area contributed by atoms with Crippen molar-refractivity contribution in [3.05, 3.63) is 0 Å². The third-order valence-corrected chi connectivity index (χ3v) is 4.80. The van der Waals surface area contributed by atoms with E-state index in [1.54, 1.807) is 0 Å². The van der Waals surface area contributed by atoms with E-state index in [4.69, 9.17) is 10.9 Å². The lowest BCUT2D eigenvalue weighted by molar-refractivity contribution is -0.129. The van der Waals surface area contributed by atoms with E-state index < -0.39 is 5.41 Å². The van der Waals surface area contributed by atoms with E-state index in [0.717, 1.165) is 31.6 Å². The Bertz CT molecular complexity index is 345. The summed E-state index contributed by atoms with van der Waals surface area (Å²) in [5.74, 6) is 0.807. The second-order valence-corrected chi connectivity index (χ2v) is 5.97. The summed E-state index contributed by atoms with van der Waals surface area (Å²) in [6.45, 7) is 0.712. The maximum Gasteiger partial charge on any atom is 0.233 e. The van der Waals surface area contributed by atoms with E-state index in [1.807, 2.05) is 0 Å². The molecule has 0 unspecified atom stereocenters. The number of carbonyl (C=O) groups is 1. The van der Waals surface area contributed by atoms with Crippen LogP contribution in [0, 0.1) is 11.3 Å². The highest BCUT2D eigenvalue weighted by Gasteiger charge is 2.43. The molecule has 0 heterocycles. The van der Waals surface area contributed by atoms with E-state index >= 15 is 0 Å². The fraction of sp³-hybridized carbons (Fsp3) is 0.857. The quantitative estimate of drug-likeness (QED) is 0.308. The van der Waals surface area contributed by atoms with Crippen LogP contribution < -0.4 is 11.1 Å². The molecule has 2 saturated carbocycles. The van der Waals surface area contributed by atoms with Crippen molar-refractivity contribution in [2.75, 3.05) is 6.54 Å². The topological polar surface area (TPSA) is 87.7 Å². The first-order valence-corrected chi connectivity index (χ1v) is 7.45. The number of carbonyl (C=O) groups excluding carboxylic acids is 1. The smallest absolute Gasteiger partial charge is 0.233 e. The highest BCUT2D eigenvalue weighted by Crippen LogP contribution is 2.37. The number of hydrogen-bond acceptors (Lipinski definition) is 3. The van der Waals surface area contributed by atoms with E-state index in [1.165, 1.54) is 19.3 Å². The summed E-state index contributed by atoms with van der Waals surface area (Å²) >= 11 is 0. The second kappa shape index (κ2) is 6.26. The molecule has 0 bridgehead atoms. The third kappa shape index (κ3) is 3.01. The summed E-state index contributed by atoms with van der Waals surface area (Å²) in [7, 11) is 0. The first kappa shape index (κ1) is 14.2. The average molecular weight is 267 g/mol. The molecule has 0 spiro atoms. The van der Waals surface area contributed by atoms with Crippen molar-refractivity contribution in [1.82, 2.24) is 5.32 Å². The number of hydrogen-bond donors (Lipinski definition) is 3. The molecule has 1 amide bonds. The summed E-state index contributed by atoms with van der Waals surface area (Å²) < 4.78 is 0. The van der Waals surface area contributed by atoms with Gasteiger partial charge in [0.05, 0.1) is 0 Å². The minimum Gasteiger partial charge on any atom is -0.409 e. The maximum absolute atomic E-state index is 12.4. The number of oxime groups is 1. The van der Waals surface area contributed by atoms with E-state index in [0.29, 0.717) is 19.4 Å². The van der Waals surface area contributed by atoms with Crippen molar-refractivity contribution >= 4 is 11.7 Å². The van der Waals surface area contributed by atoms with Gasteiger partial charge < -0.3 is 16.3 Å². The van der Waals surface area contributed by atoms with Gasteiger partial charge in [0.2, 0.25) is 5.91 Å². The van der Waals surface area contributed by atoms with Crippen LogP contribution in [0.1, 0.15) is 57.8 Å². The van der Waals surface area contributed by atoms with Crippen LogP contribution in [-0.4, -0.2) is 23.5 Å². The van der Waals surface area contributed by atoms with Crippen LogP contribution in [0.15, 0.2) is 5.16 Å². The second-order valence-electron chi connectivity index (χ2n) is 5.97. The number of nitrogens with one attached hydrogen (secondary N) is 1. The molecule has 0 aromatic carbocycles. The minimum absolute atomic E-state index is 0.0539. The van der Waals surface area contributed by atoms with Crippen LogP contribution in [-0.2, 0) is 4.79 Å². The molecule has 0 aliphatic heterocycles. The van der Waals surface area contributed by atoms with Crippen molar-refractivity contribution in [1.29, 1.82) is 0 Å². The monoisotopic (exact) mass is 267 g/mol. The van der Waals surface area contributed by atoms with Gasteiger partial charge in [0.25, 0.3) is 0 Å². The van der Waals surface area contributed by atoms with Crippen LogP contribution in [0.25, 0.3) is 0 Å². The Balaban J connectivity index is 1.91. The molecule has 0 saturated heterocycles. The van der Waals surface area contributed by atoms with Crippen LogP contribution in [0.2, 0.25) is 0 Å². The van der Waals surface area contributed by atoms with Gasteiger partial charge in [-0.1, -0.05) is 43.7 Å². The average Bonchev–Trinajstić information content (AvgIpc) is 2.41. The van der Waals surface area contributed by atoms with Crippen LogP contribution in [0.3, 0.4) is 0 Å². The van der Waals surface area contributed by atoms with Crippen molar-refractivity contribution in [3.8, 4) is 0 Å². The van der Waals surface area contributed by atoms with Gasteiger partial charge in [-0.15, -0.1) is 0 Å². The Morgan fingerprint density at radius 2 is 1.95 bits per heavy atom. The molecule has 0 aromatic rings. The van der Waals surface area contributed by atoms with Gasteiger partial charge >= 0.3 is 0 Å². The summed E-state index contributed by atoms with van der Waals surface area (Å²) in [5, 5.41) is 15.1. The number of nitrogens with zero attached hydrogens (tertiary/aromatic N) is 1. The molecule has 19 heavy (non-hydrogen) atoms. The first-order chi connectivity index (χ1) is 9.19.